The van der Waals surface area contributed by atoms with Crippen LogP contribution in [0.25, 0.3) is 11.3 Å². The first-order valence-electron chi connectivity index (χ1n) is 6.51. The molecule has 0 bridgehead atoms. The molecule has 0 saturated carbocycles. The quantitative estimate of drug-likeness (QED) is 0.796. The first kappa shape index (κ1) is 14.6. The minimum Gasteiger partial charge on any atom is -0.497 e. The molecule has 0 radical (unpaired) electrons. The van der Waals surface area contributed by atoms with Crippen LogP contribution in [0, 0.1) is 0 Å². The zero-order valence-electron chi connectivity index (χ0n) is 11.6. The van der Waals surface area contributed by atoms with Crippen LogP contribution < -0.4 is 10.3 Å². The van der Waals surface area contributed by atoms with Crippen LogP contribution in [-0.2, 0) is 12.4 Å². The molecular formula is C15H17ClN2O2. The number of aryl methyl sites for hydroxylation is 1. The lowest BCUT2D eigenvalue weighted by Crippen LogP contribution is -2.26. The van der Waals surface area contributed by atoms with Crippen molar-refractivity contribution in [1.82, 2.24) is 9.78 Å². The Morgan fingerprint density at radius 2 is 2.15 bits per heavy atom. The second kappa shape index (κ2) is 6.57. The molecule has 0 aliphatic heterocycles. The van der Waals surface area contributed by atoms with Gasteiger partial charge in [0.2, 0.25) is 0 Å². The standard InChI is InChI=1S/C15H17ClN2O2/c1-3-7-18-15(19)12(10-16)9-14(17-18)11-5-4-6-13(8-11)20-2/h4-6,8-9H,3,7,10H2,1-2H3. The number of halogens is 1. The van der Waals surface area contributed by atoms with E-state index in [1.807, 2.05) is 31.2 Å². The van der Waals surface area contributed by atoms with E-state index in [9.17, 15) is 4.79 Å². The lowest BCUT2D eigenvalue weighted by Gasteiger charge is -2.09. The number of aromatic nitrogens is 2. The van der Waals surface area contributed by atoms with E-state index in [-0.39, 0.29) is 11.4 Å². The highest BCUT2D eigenvalue weighted by Gasteiger charge is 2.09. The highest BCUT2D eigenvalue weighted by molar-refractivity contribution is 6.17. The van der Waals surface area contributed by atoms with Crippen LogP contribution in [0.2, 0.25) is 0 Å². The van der Waals surface area contributed by atoms with Gasteiger partial charge in [-0.1, -0.05) is 19.1 Å². The second-order valence-corrected chi connectivity index (χ2v) is 4.72. The van der Waals surface area contributed by atoms with E-state index in [1.165, 1.54) is 4.68 Å². The average Bonchev–Trinajstić information content (AvgIpc) is 2.49. The largest absolute Gasteiger partial charge is 0.497 e. The third kappa shape index (κ3) is 3.02. The van der Waals surface area contributed by atoms with Gasteiger partial charge in [-0.05, 0) is 24.6 Å². The Balaban J connectivity index is 2.55. The van der Waals surface area contributed by atoms with Gasteiger partial charge in [-0.3, -0.25) is 4.79 Å². The molecule has 0 unspecified atom stereocenters. The SMILES string of the molecule is CCCn1nc(-c2cccc(OC)c2)cc(CCl)c1=O. The number of benzene rings is 1. The fraction of sp³-hybridized carbons (Fsp3) is 0.333. The molecule has 2 aromatic rings. The van der Waals surface area contributed by atoms with Crippen LogP contribution in [0.4, 0.5) is 0 Å². The molecule has 106 valence electrons. The molecule has 1 aromatic carbocycles. The Morgan fingerprint density at radius 3 is 2.80 bits per heavy atom. The van der Waals surface area contributed by atoms with E-state index in [4.69, 9.17) is 16.3 Å². The second-order valence-electron chi connectivity index (χ2n) is 4.45. The maximum absolute atomic E-state index is 12.1. The molecule has 0 N–H and O–H groups in total. The Morgan fingerprint density at radius 1 is 1.35 bits per heavy atom. The topological polar surface area (TPSA) is 44.1 Å². The van der Waals surface area contributed by atoms with Gasteiger partial charge in [0, 0.05) is 17.7 Å². The van der Waals surface area contributed by atoms with Gasteiger partial charge in [-0.2, -0.15) is 5.10 Å². The van der Waals surface area contributed by atoms with Crippen LogP contribution in [0.1, 0.15) is 18.9 Å². The van der Waals surface area contributed by atoms with Crippen molar-refractivity contribution in [2.45, 2.75) is 25.8 Å². The lowest BCUT2D eigenvalue weighted by molar-refractivity contribution is 0.415. The molecule has 0 aliphatic carbocycles. The summed E-state index contributed by atoms with van der Waals surface area (Å²) in [5.41, 5.74) is 2.08. The van der Waals surface area contributed by atoms with Crippen molar-refractivity contribution >= 4 is 11.6 Å². The number of ether oxygens (including phenoxy) is 1. The van der Waals surface area contributed by atoms with Crippen molar-refractivity contribution in [3.63, 3.8) is 0 Å². The molecule has 0 saturated heterocycles. The van der Waals surface area contributed by atoms with Gasteiger partial charge < -0.3 is 4.74 Å². The van der Waals surface area contributed by atoms with Crippen molar-refractivity contribution in [3.05, 3.63) is 46.2 Å². The summed E-state index contributed by atoms with van der Waals surface area (Å²) < 4.78 is 6.69. The molecule has 1 aromatic heterocycles. The third-order valence-corrected chi connectivity index (χ3v) is 3.28. The van der Waals surface area contributed by atoms with Gasteiger partial charge in [-0.15, -0.1) is 11.6 Å². The van der Waals surface area contributed by atoms with Crippen LogP contribution in [0.3, 0.4) is 0 Å². The Bertz CT molecular complexity index is 653. The normalized spacial score (nSPS) is 10.6. The summed E-state index contributed by atoms with van der Waals surface area (Å²) in [6.45, 7) is 2.59. The Labute approximate surface area is 123 Å². The monoisotopic (exact) mass is 292 g/mol. The van der Waals surface area contributed by atoms with E-state index >= 15 is 0 Å². The molecule has 2 rings (SSSR count). The van der Waals surface area contributed by atoms with E-state index in [1.54, 1.807) is 13.2 Å². The minimum absolute atomic E-state index is 0.117. The summed E-state index contributed by atoms with van der Waals surface area (Å²) in [6.07, 6.45) is 0.843. The third-order valence-electron chi connectivity index (χ3n) is 2.99. The summed E-state index contributed by atoms with van der Waals surface area (Å²) in [4.78, 5) is 12.1. The van der Waals surface area contributed by atoms with Gasteiger partial charge in [-0.25, -0.2) is 4.68 Å². The molecule has 1 heterocycles. The highest BCUT2D eigenvalue weighted by Crippen LogP contribution is 2.22. The van der Waals surface area contributed by atoms with E-state index < -0.39 is 0 Å². The van der Waals surface area contributed by atoms with Crippen molar-refractivity contribution in [2.24, 2.45) is 0 Å². The fourth-order valence-electron chi connectivity index (χ4n) is 1.98. The molecule has 20 heavy (non-hydrogen) atoms. The summed E-state index contributed by atoms with van der Waals surface area (Å²) in [7, 11) is 1.62. The molecule has 4 nitrogen and oxygen atoms in total. The summed E-state index contributed by atoms with van der Waals surface area (Å²) in [5, 5.41) is 4.41. The van der Waals surface area contributed by atoms with E-state index in [0.29, 0.717) is 12.1 Å². The highest BCUT2D eigenvalue weighted by atomic mass is 35.5. The predicted octanol–water partition coefficient (Wildman–Crippen LogP) is 3.07. The Kier molecular flexibility index (Phi) is 4.79. The van der Waals surface area contributed by atoms with Crippen molar-refractivity contribution in [3.8, 4) is 17.0 Å². The summed E-state index contributed by atoms with van der Waals surface area (Å²) in [6, 6.07) is 9.33. The van der Waals surface area contributed by atoms with E-state index in [2.05, 4.69) is 5.10 Å². The first-order valence-corrected chi connectivity index (χ1v) is 7.04. The molecule has 0 atom stereocenters. The zero-order valence-corrected chi connectivity index (χ0v) is 12.4. The smallest absolute Gasteiger partial charge is 0.271 e. The number of hydrogen-bond acceptors (Lipinski definition) is 3. The molecule has 5 heteroatoms. The van der Waals surface area contributed by atoms with Crippen molar-refractivity contribution < 1.29 is 4.74 Å². The van der Waals surface area contributed by atoms with Gasteiger partial charge >= 0.3 is 0 Å². The van der Waals surface area contributed by atoms with Crippen LogP contribution in [0.15, 0.2) is 35.1 Å². The average molecular weight is 293 g/mol. The van der Waals surface area contributed by atoms with Crippen molar-refractivity contribution in [1.29, 1.82) is 0 Å². The number of hydrogen-bond donors (Lipinski definition) is 0. The molecule has 0 amide bonds. The number of alkyl halides is 1. The minimum atomic E-state index is -0.117. The first-order chi connectivity index (χ1) is 9.69. The summed E-state index contributed by atoms with van der Waals surface area (Å²) in [5.74, 6) is 0.937. The molecule has 0 fully saturated rings. The van der Waals surface area contributed by atoms with Gasteiger partial charge in [0.05, 0.1) is 18.7 Å². The number of rotatable bonds is 5. The molecule has 0 aliphatic rings. The van der Waals surface area contributed by atoms with Crippen LogP contribution >= 0.6 is 11.6 Å². The molecular weight excluding hydrogens is 276 g/mol. The maximum Gasteiger partial charge on any atom is 0.271 e. The number of nitrogens with zero attached hydrogens (tertiary/aromatic N) is 2. The summed E-state index contributed by atoms with van der Waals surface area (Å²) >= 11 is 5.86. The predicted molar refractivity (Wildman–Crippen MR) is 80.3 cm³/mol. The van der Waals surface area contributed by atoms with Gasteiger partial charge in [0.25, 0.3) is 5.56 Å². The van der Waals surface area contributed by atoms with Gasteiger partial charge in [0.15, 0.2) is 0 Å². The maximum atomic E-state index is 12.1. The fourth-order valence-corrected chi connectivity index (χ4v) is 2.17. The number of methoxy groups -OCH3 is 1. The van der Waals surface area contributed by atoms with Gasteiger partial charge in [0.1, 0.15) is 5.75 Å². The lowest BCUT2D eigenvalue weighted by atomic mass is 10.1. The zero-order chi connectivity index (χ0) is 14.5. The Hall–Kier alpha value is -1.81. The van der Waals surface area contributed by atoms with E-state index in [0.717, 1.165) is 23.4 Å². The molecule has 0 spiro atoms. The van der Waals surface area contributed by atoms with Crippen molar-refractivity contribution in [2.75, 3.05) is 7.11 Å². The van der Waals surface area contributed by atoms with Crippen LogP contribution in [0.5, 0.6) is 5.75 Å². The van der Waals surface area contributed by atoms with Crippen LogP contribution in [-0.4, -0.2) is 16.9 Å².